The number of hydrogen-bond donors (Lipinski definition) is 0. The van der Waals surface area contributed by atoms with Crippen molar-refractivity contribution in [1.82, 2.24) is 0 Å². The lowest BCUT2D eigenvalue weighted by Crippen LogP contribution is -2.09. The normalized spacial score (nSPS) is 31.2. The van der Waals surface area contributed by atoms with E-state index in [1.54, 1.807) is 32.1 Å². The van der Waals surface area contributed by atoms with E-state index in [0.29, 0.717) is 0 Å². The Morgan fingerprint density at radius 1 is 0.765 bits per heavy atom. The predicted octanol–water partition coefficient (Wildman–Crippen LogP) is 5.95. The van der Waals surface area contributed by atoms with Crippen LogP contribution in [0.4, 0.5) is 0 Å². The van der Waals surface area contributed by atoms with E-state index in [4.69, 9.17) is 0 Å². The summed E-state index contributed by atoms with van der Waals surface area (Å²) in [6.07, 6.45) is 19.7. The summed E-state index contributed by atoms with van der Waals surface area (Å²) in [5.74, 6) is 3.46. The summed E-state index contributed by atoms with van der Waals surface area (Å²) >= 11 is 0. The average molecular weight is 236 g/mol. The molecule has 17 heavy (non-hydrogen) atoms. The molecule has 0 heteroatoms. The van der Waals surface area contributed by atoms with Gasteiger partial charge in [0.15, 0.2) is 0 Å². The van der Waals surface area contributed by atoms with Crippen LogP contribution in [0.5, 0.6) is 0 Å². The largest absolute Gasteiger partial charge is 0.0654 e. The second-order valence-corrected chi connectivity index (χ2v) is 6.70. The van der Waals surface area contributed by atoms with Crippen molar-refractivity contribution in [2.45, 2.75) is 90.4 Å². The molecule has 3 atom stereocenters. The van der Waals surface area contributed by atoms with Gasteiger partial charge in [0.25, 0.3) is 0 Å². The van der Waals surface area contributed by atoms with E-state index in [0.717, 1.165) is 17.8 Å². The zero-order chi connectivity index (χ0) is 11.9. The third kappa shape index (κ3) is 4.30. The van der Waals surface area contributed by atoms with Gasteiger partial charge in [0.1, 0.15) is 0 Å². The highest BCUT2D eigenvalue weighted by Crippen LogP contribution is 2.49. The van der Waals surface area contributed by atoms with Crippen LogP contribution in [0, 0.1) is 17.8 Å². The van der Waals surface area contributed by atoms with Crippen LogP contribution in [0.2, 0.25) is 0 Å². The maximum Gasteiger partial charge on any atom is -0.0383 e. The molecule has 0 aliphatic heterocycles. The maximum atomic E-state index is 2.30. The van der Waals surface area contributed by atoms with Gasteiger partial charge in [-0.2, -0.15) is 0 Å². The summed E-state index contributed by atoms with van der Waals surface area (Å²) < 4.78 is 0. The first-order chi connectivity index (χ1) is 8.40. The van der Waals surface area contributed by atoms with E-state index in [2.05, 4.69) is 6.92 Å². The first-order valence-electron chi connectivity index (χ1n) is 8.40. The molecule has 2 fully saturated rings. The van der Waals surface area contributed by atoms with E-state index in [9.17, 15) is 0 Å². The average Bonchev–Trinajstić information content (AvgIpc) is 2.94. The molecular weight excluding hydrogens is 204 g/mol. The van der Waals surface area contributed by atoms with Crippen molar-refractivity contribution in [3.05, 3.63) is 0 Å². The van der Waals surface area contributed by atoms with Gasteiger partial charge in [-0.1, -0.05) is 71.1 Å². The van der Waals surface area contributed by atoms with Crippen LogP contribution in [0.3, 0.4) is 0 Å². The summed E-state index contributed by atoms with van der Waals surface area (Å²) in [5, 5.41) is 0. The van der Waals surface area contributed by atoms with Crippen LogP contribution in [-0.2, 0) is 0 Å². The summed E-state index contributed by atoms with van der Waals surface area (Å²) in [5.41, 5.74) is 0. The minimum Gasteiger partial charge on any atom is -0.0654 e. The van der Waals surface area contributed by atoms with Crippen LogP contribution in [0.1, 0.15) is 90.4 Å². The fourth-order valence-electron chi connectivity index (χ4n) is 4.27. The molecule has 0 spiro atoms. The minimum atomic E-state index is 1.15. The Bertz CT molecular complexity index is 196. The molecule has 2 saturated carbocycles. The van der Waals surface area contributed by atoms with Crippen molar-refractivity contribution in [3.8, 4) is 0 Å². The van der Waals surface area contributed by atoms with Crippen LogP contribution >= 0.6 is 0 Å². The Morgan fingerprint density at radius 3 is 2.06 bits per heavy atom. The monoisotopic (exact) mass is 236 g/mol. The third-order valence-electron chi connectivity index (χ3n) is 5.31. The van der Waals surface area contributed by atoms with E-state index >= 15 is 0 Å². The molecule has 100 valence electrons. The lowest BCUT2D eigenvalue weighted by atomic mass is 9.85. The van der Waals surface area contributed by atoms with E-state index in [1.165, 1.54) is 51.4 Å². The summed E-state index contributed by atoms with van der Waals surface area (Å²) in [6.45, 7) is 2.30. The predicted molar refractivity (Wildman–Crippen MR) is 76.2 cm³/mol. The summed E-state index contributed by atoms with van der Waals surface area (Å²) in [4.78, 5) is 0. The Hall–Kier alpha value is 0. The second-order valence-electron chi connectivity index (χ2n) is 6.70. The fourth-order valence-corrected chi connectivity index (χ4v) is 4.27. The lowest BCUT2D eigenvalue weighted by Gasteiger charge is -2.21. The smallest absolute Gasteiger partial charge is 0.0383 e. The quantitative estimate of drug-likeness (QED) is 0.434. The van der Waals surface area contributed by atoms with E-state index < -0.39 is 0 Å². The van der Waals surface area contributed by atoms with Gasteiger partial charge in [-0.15, -0.1) is 0 Å². The highest BCUT2D eigenvalue weighted by molar-refractivity contribution is 4.89. The van der Waals surface area contributed by atoms with Crippen molar-refractivity contribution >= 4 is 0 Å². The molecule has 0 aromatic heterocycles. The van der Waals surface area contributed by atoms with Crippen LogP contribution in [0.15, 0.2) is 0 Å². The number of hydrogen-bond acceptors (Lipinski definition) is 0. The molecule has 0 amide bonds. The van der Waals surface area contributed by atoms with E-state index in [-0.39, 0.29) is 0 Å². The molecule has 0 radical (unpaired) electrons. The molecule has 0 heterocycles. The lowest BCUT2D eigenvalue weighted by molar-refractivity contribution is 0.304. The minimum absolute atomic E-state index is 1.15. The van der Waals surface area contributed by atoms with Gasteiger partial charge in [-0.25, -0.2) is 0 Å². The van der Waals surface area contributed by atoms with Gasteiger partial charge < -0.3 is 0 Å². The molecule has 0 saturated heterocycles. The fraction of sp³-hybridized carbons (Fsp3) is 1.00. The van der Waals surface area contributed by atoms with Crippen LogP contribution < -0.4 is 0 Å². The maximum absolute atomic E-state index is 2.30. The topological polar surface area (TPSA) is 0 Å². The standard InChI is InChI=1S/C17H32/c1-2-3-4-5-6-7-8-9-10-16-13-15-11-12-17(16)14-15/h15-17H,2-14H2,1H3. The highest BCUT2D eigenvalue weighted by Gasteiger charge is 2.38. The van der Waals surface area contributed by atoms with E-state index in [1.807, 2.05) is 0 Å². The Labute approximate surface area is 109 Å². The molecule has 2 rings (SSSR count). The van der Waals surface area contributed by atoms with Crippen molar-refractivity contribution in [1.29, 1.82) is 0 Å². The molecule has 2 bridgehead atoms. The first-order valence-corrected chi connectivity index (χ1v) is 8.40. The Morgan fingerprint density at radius 2 is 1.47 bits per heavy atom. The number of unbranched alkanes of at least 4 members (excludes halogenated alkanes) is 7. The van der Waals surface area contributed by atoms with Gasteiger partial charge in [-0.05, 0) is 37.0 Å². The first kappa shape index (κ1) is 13.4. The van der Waals surface area contributed by atoms with Crippen molar-refractivity contribution < 1.29 is 0 Å². The molecule has 0 aromatic rings. The highest BCUT2D eigenvalue weighted by atomic mass is 14.4. The van der Waals surface area contributed by atoms with Crippen molar-refractivity contribution in [2.75, 3.05) is 0 Å². The van der Waals surface area contributed by atoms with Crippen molar-refractivity contribution in [3.63, 3.8) is 0 Å². The second kappa shape index (κ2) is 7.44. The van der Waals surface area contributed by atoms with Crippen molar-refractivity contribution in [2.24, 2.45) is 17.8 Å². The van der Waals surface area contributed by atoms with Gasteiger partial charge >= 0.3 is 0 Å². The molecule has 0 nitrogen and oxygen atoms in total. The van der Waals surface area contributed by atoms with Gasteiger partial charge in [0.2, 0.25) is 0 Å². The van der Waals surface area contributed by atoms with Crippen LogP contribution in [-0.4, -0.2) is 0 Å². The Balaban J connectivity index is 1.39. The number of fused-ring (bicyclic) bond motifs is 2. The van der Waals surface area contributed by atoms with Crippen LogP contribution in [0.25, 0.3) is 0 Å². The van der Waals surface area contributed by atoms with Gasteiger partial charge in [0, 0.05) is 0 Å². The molecular formula is C17H32. The molecule has 0 aromatic carbocycles. The van der Waals surface area contributed by atoms with Gasteiger partial charge in [-0.3, -0.25) is 0 Å². The zero-order valence-corrected chi connectivity index (χ0v) is 11.9. The molecule has 2 aliphatic rings. The molecule has 0 N–H and O–H groups in total. The Kier molecular flexibility index (Phi) is 5.88. The third-order valence-corrected chi connectivity index (χ3v) is 5.31. The summed E-state index contributed by atoms with van der Waals surface area (Å²) in [7, 11) is 0. The zero-order valence-electron chi connectivity index (χ0n) is 11.9. The summed E-state index contributed by atoms with van der Waals surface area (Å²) in [6, 6.07) is 0. The van der Waals surface area contributed by atoms with Gasteiger partial charge in [0.05, 0.1) is 0 Å². The number of rotatable bonds is 9. The molecule has 3 unspecified atom stereocenters. The SMILES string of the molecule is CCCCCCCCCCC1CC2CCC1C2. The molecule has 2 aliphatic carbocycles.